The fourth-order valence-electron chi connectivity index (χ4n) is 4.29. The molecule has 0 aromatic heterocycles. The van der Waals surface area contributed by atoms with Crippen molar-refractivity contribution >= 4 is 27.5 Å². The van der Waals surface area contributed by atoms with E-state index in [9.17, 15) is 18.0 Å². The van der Waals surface area contributed by atoms with E-state index in [1.165, 1.54) is 17.0 Å². The predicted octanol–water partition coefficient (Wildman–Crippen LogP) is 4.48. The smallest absolute Gasteiger partial charge is 0.264 e. The van der Waals surface area contributed by atoms with Crippen molar-refractivity contribution in [2.75, 3.05) is 17.4 Å². The predicted molar refractivity (Wildman–Crippen MR) is 151 cm³/mol. The zero-order valence-electron chi connectivity index (χ0n) is 22.7. The van der Waals surface area contributed by atoms with E-state index in [0.717, 1.165) is 21.0 Å². The third-order valence-corrected chi connectivity index (χ3v) is 8.09. The molecule has 0 spiro atoms. The summed E-state index contributed by atoms with van der Waals surface area (Å²) in [4.78, 5) is 28.4. The molecule has 0 aliphatic heterocycles. The number of nitrogens with one attached hydrogen (secondary N) is 1. The van der Waals surface area contributed by atoms with E-state index >= 15 is 0 Å². The Kier molecular flexibility index (Phi) is 9.69. The van der Waals surface area contributed by atoms with Crippen molar-refractivity contribution in [1.29, 1.82) is 0 Å². The Morgan fingerprint density at radius 3 is 2.05 bits per heavy atom. The number of sulfonamides is 1. The fraction of sp³-hybridized carbons (Fsp3) is 0.333. The molecule has 0 aliphatic carbocycles. The molecule has 38 heavy (non-hydrogen) atoms. The molecule has 0 saturated heterocycles. The summed E-state index contributed by atoms with van der Waals surface area (Å²) in [5.74, 6) is -0.739. The second-order valence-electron chi connectivity index (χ2n) is 9.78. The van der Waals surface area contributed by atoms with E-state index in [4.69, 9.17) is 0 Å². The van der Waals surface area contributed by atoms with Gasteiger partial charge in [-0.05, 0) is 70.4 Å². The van der Waals surface area contributed by atoms with E-state index in [2.05, 4.69) is 5.32 Å². The quantitative estimate of drug-likeness (QED) is 0.392. The minimum atomic E-state index is -4.06. The van der Waals surface area contributed by atoms with Crippen molar-refractivity contribution in [3.63, 3.8) is 0 Å². The Labute approximate surface area is 226 Å². The van der Waals surface area contributed by atoms with Crippen LogP contribution in [0.1, 0.15) is 37.5 Å². The van der Waals surface area contributed by atoms with E-state index in [-0.39, 0.29) is 23.4 Å². The van der Waals surface area contributed by atoms with Crippen LogP contribution in [0.4, 0.5) is 5.69 Å². The number of carbonyl (C=O) groups excluding carboxylic acids is 2. The van der Waals surface area contributed by atoms with Crippen LogP contribution >= 0.6 is 0 Å². The molecule has 7 nitrogen and oxygen atoms in total. The maximum Gasteiger partial charge on any atom is 0.264 e. The van der Waals surface area contributed by atoms with Crippen LogP contribution in [-0.2, 0) is 26.0 Å². The number of hydrogen-bond donors (Lipinski definition) is 1. The number of benzene rings is 3. The summed E-state index contributed by atoms with van der Waals surface area (Å²) in [6.07, 6.45) is 0.529. The standard InChI is InChI=1S/C30H37N3O4S/c1-22(2)31-30(35)25(5)32(19-18-26-12-8-6-9-13-26)29(34)21-33(28-17-16-23(3)20-24(28)4)38(36,37)27-14-10-7-11-15-27/h6-17,20,22,25H,18-19,21H2,1-5H3,(H,31,35)/t25-/m0/s1. The van der Waals surface area contributed by atoms with Gasteiger partial charge in [0.2, 0.25) is 11.8 Å². The monoisotopic (exact) mass is 535 g/mol. The maximum absolute atomic E-state index is 13.9. The van der Waals surface area contributed by atoms with Gasteiger partial charge < -0.3 is 10.2 Å². The largest absolute Gasteiger partial charge is 0.352 e. The molecule has 0 saturated carbocycles. The van der Waals surface area contributed by atoms with E-state index < -0.39 is 28.5 Å². The highest BCUT2D eigenvalue weighted by molar-refractivity contribution is 7.92. The Bertz CT molecular complexity index is 1340. The highest BCUT2D eigenvalue weighted by Crippen LogP contribution is 2.28. The second-order valence-corrected chi connectivity index (χ2v) is 11.6. The summed E-state index contributed by atoms with van der Waals surface area (Å²) in [5, 5.41) is 2.87. The molecular formula is C30H37N3O4S. The molecule has 1 N–H and O–H groups in total. The number of anilines is 1. The molecule has 8 heteroatoms. The molecule has 0 aliphatic rings. The van der Waals surface area contributed by atoms with Gasteiger partial charge in [-0.15, -0.1) is 0 Å². The average Bonchev–Trinajstić information content (AvgIpc) is 2.88. The minimum Gasteiger partial charge on any atom is -0.352 e. The third-order valence-electron chi connectivity index (χ3n) is 6.31. The van der Waals surface area contributed by atoms with Gasteiger partial charge in [-0.1, -0.05) is 66.2 Å². The van der Waals surface area contributed by atoms with Gasteiger partial charge >= 0.3 is 0 Å². The third kappa shape index (κ3) is 7.22. The number of nitrogens with zero attached hydrogens (tertiary/aromatic N) is 2. The SMILES string of the molecule is Cc1ccc(N(CC(=O)N(CCc2ccccc2)[C@@H](C)C(=O)NC(C)C)S(=O)(=O)c2ccccc2)c(C)c1. The van der Waals surface area contributed by atoms with E-state index in [1.807, 2.05) is 70.2 Å². The zero-order chi connectivity index (χ0) is 27.9. The highest BCUT2D eigenvalue weighted by atomic mass is 32.2. The van der Waals surface area contributed by atoms with E-state index in [1.54, 1.807) is 31.2 Å². The lowest BCUT2D eigenvalue weighted by molar-refractivity contribution is -0.139. The van der Waals surface area contributed by atoms with Gasteiger partial charge in [0, 0.05) is 12.6 Å². The first-order valence-electron chi connectivity index (χ1n) is 12.8. The van der Waals surface area contributed by atoms with Crippen LogP contribution in [0.3, 0.4) is 0 Å². The second kappa shape index (κ2) is 12.7. The van der Waals surface area contributed by atoms with E-state index in [0.29, 0.717) is 12.1 Å². The van der Waals surface area contributed by atoms with Gasteiger partial charge in [0.25, 0.3) is 10.0 Å². The Balaban J connectivity index is 2.00. The molecule has 202 valence electrons. The Morgan fingerprint density at radius 2 is 1.47 bits per heavy atom. The molecule has 0 radical (unpaired) electrons. The van der Waals surface area contributed by atoms with Gasteiger partial charge in [-0.3, -0.25) is 13.9 Å². The van der Waals surface area contributed by atoms with Gasteiger partial charge in [-0.25, -0.2) is 8.42 Å². The van der Waals surface area contributed by atoms with Gasteiger partial charge in [-0.2, -0.15) is 0 Å². The molecule has 0 fully saturated rings. The lowest BCUT2D eigenvalue weighted by Crippen LogP contribution is -2.53. The summed E-state index contributed by atoms with van der Waals surface area (Å²) in [5.41, 5.74) is 3.16. The summed E-state index contributed by atoms with van der Waals surface area (Å²) >= 11 is 0. The first-order valence-corrected chi connectivity index (χ1v) is 14.2. The molecule has 3 rings (SSSR count). The highest BCUT2D eigenvalue weighted by Gasteiger charge is 2.33. The first-order chi connectivity index (χ1) is 18.0. The number of hydrogen-bond acceptors (Lipinski definition) is 4. The van der Waals surface area contributed by atoms with Crippen LogP contribution in [0.2, 0.25) is 0 Å². The molecule has 3 aromatic carbocycles. The first kappa shape index (κ1) is 28.9. The van der Waals surface area contributed by atoms with Crippen LogP contribution < -0.4 is 9.62 Å². The van der Waals surface area contributed by atoms with Crippen molar-refractivity contribution in [2.45, 2.75) is 58.0 Å². The molecule has 0 unspecified atom stereocenters. The number of rotatable bonds is 11. The summed E-state index contributed by atoms with van der Waals surface area (Å²) in [7, 11) is -4.06. The minimum absolute atomic E-state index is 0.0919. The number of amides is 2. The topological polar surface area (TPSA) is 86.8 Å². The van der Waals surface area contributed by atoms with Crippen molar-refractivity contribution in [3.8, 4) is 0 Å². The van der Waals surface area contributed by atoms with Gasteiger partial charge in [0.1, 0.15) is 12.6 Å². The molecule has 0 bridgehead atoms. The lowest BCUT2D eigenvalue weighted by Gasteiger charge is -2.32. The number of aryl methyl sites for hydroxylation is 2. The summed E-state index contributed by atoms with van der Waals surface area (Å²) in [6.45, 7) is 8.97. The molecule has 3 aromatic rings. The lowest BCUT2D eigenvalue weighted by atomic mass is 10.1. The Hall–Kier alpha value is -3.65. The van der Waals surface area contributed by atoms with Crippen LogP contribution in [0.25, 0.3) is 0 Å². The summed E-state index contributed by atoms with van der Waals surface area (Å²) < 4.78 is 28.8. The average molecular weight is 536 g/mol. The van der Waals surface area contributed by atoms with Crippen molar-refractivity contribution in [2.24, 2.45) is 0 Å². The molecule has 2 amide bonds. The van der Waals surface area contributed by atoms with Crippen LogP contribution in [0, 0.1) is 13.8 Å². The zero-order valence-corrected chi connectivity index (χ0v) is 23.5. The maximum atomic E-state index is 13.9. The van der Waals surface area contributed by atoms with Crippen molar-refractivity contribution < 1.29 is 18.0 Å². The fourth-order valence-corrected chi connectivity index (χ4v) is 5.79. The van der Waals surface area contributed by atoms with Crippen molar-refractivity contribution in [3.05, 3.63) is 95.6 Å². The van der Waals surface area contributed by atoms with Crippen LogP contribution in [0.15, 0.2) is 83.8 Å². The van der Waals surface area contributed by atoms with Crippen molar-refractivity contribution in [1.82, 2.24) is 10.2 Å². The molecule has 1 atom stereocenters. The van der Waals surface area contributed by atoms with Crippen LogP contribution in [-0.4, -0.2) is 50.3 Å². The Morgan fingerprint density at radius 1 is 0.868 bits per heavy atom. The normalized spacial score (nSPS) is 12.2. The molecular weight excluding hydrogens is 498 g/mol. The van der Waals surface area contributed by atoms with Crippen LogP contribution in [0.5, 0.6) is 0 Å². The van der Waals surface area contributed by atoms with Gasteiger partial charge in [0.15, 0.2) is 0 Å². The number of carbonyl (C=O) groups is 2. The summed E-state index contributed by atoms with van der Waals surface area (Å²) in [6, 6.07) is 22.3. The molecule has 0 heterocycles. The van der Waals surface area contributed by atoms with Gasteiger partial charge in [0.05, 0.1) is 10.6 Å².